The smallest absolute Gasteiger partial charge is 0.254 e. The number of amides is 1. The number of hydrogen-bond acceptors (Lipinski definition) is 3. The van der Waals surface area contributed by atoms with Crippen LogP contribution in [-0.4, -0.2) is 15.9 Å². The topological polar surface area (TPSA) is 54.9 Å². The van der Waals surface area contributed by atoms with Gasteiger partial charge in [0.1, 0.15) is 5.82 Å². The molecule has 20 heavy (non-hydrogen) atoms. The predicted molar refractivity (Wildman–Crippen MR) is 76.4 cm³/mol. The van der Waals surface area contributed by atoms with Crippen LogP contribution in [-0.2, 0) is 6.54 Å². The Bertz CT molecular complexity index is 601. The number of nitrogens with zero attached hydrogens (tertiary/aromatic N) is 2. The third-order valence-corrected chi connectivity index (χ3v) is 3.45. The maximum absolute atomic E-state index is 12.0. The predicted octanol–water partition coefficient (Wildman–Crippen LogP) is 2.59. The monoisotopic (exact) mass is 267 g/mol. The Morgan fingerprint density at radius 2 is 1.85 bits per heavy atom. The largest absolute Gasteiger partial charge is 0.348 e. The zero-order valence-corrected chi connectivity index (χ0v) is 11.5. The minimum Gasteiger partial charge on any atom is -0.348 e. The summed E-state index contributed by atoms with van der Waals surface area (Å²) in [5, 5.41) is 2.88. The molecule has 0 unspecified atom stereocenters. The molecule has 1 aromatic heterocycles. The van der Waals surface area contributed by atoms with Gasteiger partial charge in [0.15, 0.2) is 0 Å². The Hall–Kier alpha value is -2.23. The molecule has 102 valence electrons. The normalized spacial score (nSPS) is 14.1. The van der Waals surface area contributed by atoms with Crippen molar-refractivity contribution in [1.29, 1.82) is 0 Å². The number of aryl methyl sites for hydroxylation is 1. The molecule has 1 heterocycles. The first kappa shape index (κ1) is 12.8. The molecule has 1 aliphatic rings. The maximum atomic E-state index is 12.0. The number of aromatic nitrogens is 2. The van der Waals surface area contributed by atoms with Gasteiger partial charge in [-0.25, -0.2) is 9.97 Å². The molecule has 0 radical (unpaired) electrons. The molecule has 1 saturated carbocycles. The maximum Gasteiger partial charge on any atom is 0.254 e. The standard InChI is InChI=1S/C16H17N3O/c1-11-2-4-12(5-3-11)8-19-16(20)14-9-17-15(18-10-14)13-6-7-13/h2-5,9-10,13H,6-8H2,1H3,(H,19,20). The second-order valence-corrected chi connectivity index (χ2v) is 5.27. The van der Waals surface area contributed by atoms with Gasteiger partial charge in [0.05, 0.1) is 5.56 Å². The van der Waals surface area contributed by atoms with Crippen LogP contribution < -0.4 is 5.32 Å². The van der Waals surface area contributed by atoms with E-state index >= 15 is 0 Å². The van der Waals surface area contributed by atoms with E-state index in [1.807, 2.05) is 31.2 Å². The summed E-state index contributed by atoms with van der Waals surface area (Å²) in [6.45, 7) is 2.56. The van der Waals surface area contributed by atoms with Crippen LogP contribution in [0.4, 0.5) is 0 Å². The van der Waals surface area contributed by atoms with E-state index in [0.29, 0.717) is 18.0 Å². The third-order valence-electron chi connectivity index (χ3n) is 3.45. The second-order valence-electron chi connectivity index (χ2n) is 5.27. The lowest BCUT2D eigenvalue weighted by Gasteiger charge is -2.06. The number of nitrogens with one attached hydrogen (secondary N) is 1. The molecule has 2 aromatic rings. The molecular weight excluding hydrogens is 250 g/mol. The fraction of sp³-hybridized carbons (Fsp3) is 0.312. The van der Waals surface area contributed by atoms with E-state index in [4.69, 9.17) is 0 Å². The van der Waals surface area contributed by atoms with Crippen LogP contribution in [0, 0.1) is 6.92 Å². The molecule has 0 bridgehead atoms. The summed E-state index contributed by atoms with van der Waals surface area (Å²) in [6, 6.07) is 8.11. The lowest BCUT2D eigenvalue weighted by Crippen LogP contribution is -2.23. The summed E-state index contributed by atoms with van der Waals surface area (Å²) >= 11 is 0. The quantitative estimate of drug-likeness (QED) is 0.926. The van der Waals surface area contributed by atoms with Crippen LogP contribution in [0.2, 0.25) is 0 Å². The Morgan fingerprint density at radius 1 is 1.20 bits per heavy atom. The zero-order valence-electron chi connectivity index (χ0n) is 11.5. The van der Waals surface area contributed by atoms with Gasteiger partial charge in [-0.3, -0.25) is 4.79 Å². The van der Waals surface area contributed by atoms with Gasteiger partial charge in [-0.1, -0.05) is 29.8 Å². The van der Waals surface area contributed by atoms with Crippen molar-refractivity contribution in [3.05, 3.63) is 59.2 Å². The van der Waals surface area contributed by atoms with Crippen molar-refractivity contribution in [2.75, 3.05) is 0 Å². The van der Waals surface area contributed by atoms with Crippen molar-refractivity contribution in [2.24, 2.45) is 0 Å². The molecule has 0 saturated heterocycles. The van der Waals surface area contributed by atoms with Crippen molar-refractivity contribution in [3.63, 3.8) is 0 Å². The highest BCUT2D eigenvalue weighted by Gasteiger charge is 2.26. The van der Waals surface area contributed by atoms with Gasteiger partial charge in [0.25, 0.3) is 5.91 Å². The molecule has 1 fully saturated rings. The number of carbonyl (C=O) groups excluding carboxylic acids is 1. The molecule has 1 amide bonds. The van der Waals surface area contributed by atoms with E-state index in [2.05, 4.69) is 15.3 Å². The molecule has 0 spiro atoms. The highest BCUT2D eigenvalue weighted by molar-refractivity contribution is 5.93. The third kappa shape index (κ3) is 3.02. The summed E-state index contributed by atoms with van der Waals surface area (Å²) in [5.41, 5.74) is 2.81. The number of benzene rings is 1. The van der Waals surface area contributed by atoms with E-state index < -0.39 is 0 Å². The molecule has 4 nitrogen and oxygen atoms in total. The lowest BCUT2D eigenvalue weighted by molar-refractivity contribution is 0.0950. The van der Waals surface area contributed by atoms with Crippen LogP contribution in [0.1, 0.15) is 46.1 Å². The van der Waals surface area contributed by atoms with Gasteiger partial charge in [-0.15, -0.1) is 0 Å². The SMILES string of the molecule is Cc1ccc(CNC(=O)c2cnc(C3CC3)nc2)cc1. The van der Waals surface area contributed by atoms with Gasteiger partial charge >= 0.3 is 0 Å². The zero-order chi connectivity index (χ0) is 13.9. The van der Waals surface area contributed by atoms with E-state index in [-0.39, 0.29) is 5.91 Å². The Labute approximate surface area is 118 Å². The molecule has 1 aliphatic carbocycles. The fourth-order valence-corrected chi connectivity index (χ4v) is 2.00. The Morgan fingerprint density at radius 3 is 2.45 bits per heavy atom. The van der Waals surface area contributed by atoms with Gasteiger partial charge in [-0.05, 0) is 25.3 Å². The minimum atomic E-state index is -0.132. The number of rotatable bonds is 4. The average Bonchev–Trinajstić information content (AvgIpc) is 3.31. The van der Waals surface area contributed by atoms with E-state index in [1.165, 1.54) is 18.4 Å². The summed E-state index contributed by atoms with van der Waals surface area (Å²) in [7, 11) is 0. The van der Waals surface area contributed by atoms with Gasteiger partial charge in [0, 0.05) is 24.9 Å². The highest BCUT2D eigenvalue weighted by atomic mass is 16.1. The van der Waals surface area contributed by atoms with Crippen molar-refractivity contribution in [3.8, 4) is 0 Å². The summed E-state index contributed by atoms with van der Waals surface area (Å²) in [4.78, 5) is 20.5. The minimum absolute atomic E-state index is 0.132. The van der Waals surface area contributed by atoms with Gasteiger partial charge in [-0.2, -0.15) is 0 Å². The van der Waals surface area contributed by atoms with Crippen LogP contribution in [0.3, 0.4) is 0 Å². The van der Waals surface area contributed by atoms with Crippen LogP contribution in [0.25, 0.3) is 0 Å². The molecule has 0 aliphatic heterocycles. The van der Waals surface area contributed by atoms with E-state index in [9.17, 15) is 4.79 Å². The Balaban J connectivity index is 1.59. The molecule has 3 rings (SSSR count). The number of carbonyl (C=O) groups is 1. The first-order valence-electron chi connectivity index (χ1n) is 6.88. The van der Waals surface area contributed by atoms with Crippen LogP contribution >= 0.6 is 0 Å². The molecule has 0 atom stereocenters. The first-order chi connectivity index (χ1) is 9.72. The van der Waals surface area contributed by atoms with Crippen molar-refractivity contribution < 1.29 is 4.79 Å². The average molecular weight is 267 g/mol. The van der Waals surface area contributed by atoms with Gasteiger partial charge in [0.2, 0.25) is 0 Å². The summed E-state index contributed by atoms with van der Waals surface area (Å²) in [6.07, 6.45) is 5.56. The van der Waals surface area contributed by atoms with E-state index in [0.717, 1.165) is 11.4 Å². The highest BCUT2D eigenvalue weighted by Crippen LogP contribution is 2.37. The molecule has 1 N–H and O–H groups in total. The number of hydrogen-bond donors (Lipinski definition) is 1. The van der Waals surface area contributed by atoms with E-state index in [1.54, 1.807) is 12.4 Å². The van der Waals surface area contributed by atoms with Crippen molar-refractivity contribution in [2.45, 2.75) is 32.2 Å². The Kier molecular flexibility index (Phi) is 3.46. The fourth-order valence-electron chi connectivity index (χ4n) is 2.00. The van der Waals surface area contributed by atoms with Crippen molar-refractivity contribution in [1.82, 2.24) is 15.3 Å². The van der Waals surface area contributed by atoms with Gasteiger partial charge < -0.3 is 5.32 Å². The van der Waals surface area contributed by atoms with Crippen molar-refractivity contribution >= 4 is 5.91 Å². The lowest BCUT2D eigenvalue weighted by atomic mass is 10.1. The molecule has 4 heteroatoms. The summed E-state index contributed by atoms with van der Waals surface area (Å²) in [5.74, 6) is 1.24. The second kappa shape index (κ2) is 5.41. The molecule has 1 aromatic carbocycles. The summed E-state index contributed by atoms with van der Waals surface area (Å²) < 4.78 is 0. The first-order valence-corrected chi connectivity index (χ1v) is 6.88. The molecular formula is C16H17N3O. The van der Waals surface area contributed by atoms with Crippen LogP contribution in [0.5, 0.6) is 0 Å². The van der Waals surface area contributed by atoms with Crippen LogP contribution in [0.15, 0.2) is 36.7 Å².